The van der Waals surface area contributed by atoms with Crippen LogP contribution in [0.5, 0.6) is 0 Å². The molecule has 0 aliphatic rings. The molecule has 0 fully saturated rings. The highest BCUT2D eigenvalue weighted by atomic mass is 16.5. The minimum absolute atomic E-state index is 0. The van der Waals surface area contributed by atoms with Crippen molar-refractivity contribution >= 4 is 0 Å². The van der Waals surface area contributed by atoms with Crippen LogP contribution in [0.15, 0.2) is 0 Å². The summed E-state index contributed by atoms with van der Waals surface area (Å²) in [6.45, 7) is 36.7. The minimum atomic E-state index is 0. The van der Waals surface area contributed by atoms with Gasteiger partial charge in [0.2, 0.25) is 0 Å². The quantitative estimate of drug-likeness (QED) is 0.0430. The lowest BCUT2D eigenvalue weighted by atomic mass is 10.5. The molecule has 0 aromatic heterocycles. The topological polar surface area (TPSA) is 215 Å². The third kappa shape index (κ3) is 131. The Balaban J connectivity index is -0.0000000675. The molecule has 16 nitrogen and oxygen atoms in total. The van der Waals surface area contributed by atoms with Crippen molar-refractivity contribution in [2.75, 3.05) is 185 Å². The van der Waals surface area contributed by atoms with Crippen molar-refractivity contribution in [3.05, 3.63) is 0 Å². The Morgan fingerprint density at radius 1 is 0.172 bits per heavy atom. The van der Waals surface area contributed by atoms with Crippen molar-refractivity contribution in [3.63, 3.8) is 0 Å². The number of nitrogens with two attached hydrogens (primary N) is 4. The molecule has 0 bridgehead atoms. The van der Waals surface area contributed by atoms with Crippen molar-refractivity contribution in [1.29, 1.82) is 0 Å². The van der Waals surface area contributed by atoms with Crippen LogP contribution in [-0.2, 0) is 56.8 Å². The summed E-state index contributed by atoms with van der Waals surface area (Å²) in [4.78, 5) is 0. The van der Waals surface area contributed by atoms with Gasteiger partial charge in [0.25, 0.3) is 0 Å². The molecule has 0 saturated heterocycles. The van der Waals surface area contributed by atoms with Gasteiger partial charge in [-0.1, -0.05) is 85.1 Å². The van der Waals surface area contributed by atoms with Crippen LogP contribution < -0.4 is 22.9 Å². The summed E-state index contributed by atoms with van der Waals surface area (Å²) in [6.07, 6.45) is 8.73. The molecule has 0 amide bonds. The minimum Gasteiger partial charge on any atom is -0.379 e. The number of hydrogen-bond acceptors (Lipinski definition) is 16. The molecule has 0 atom stereocenters. The number of hydrogen-bond donors (Lipinski definition) is 4. The third-order valence-electron chi connectivity index (χ3n) is 6.07. The van der Waals surface area contributed by atoms with Gasteiger partial charge in [0, 0.05) is 79.0 Å². The van der Waals surface area contributed by atoms with Crippen LogP contribution in [-0.4, -0.2) is 185 Å². The lowest BCUT2D eigenvalue weighted by Gasteiger charge is -2.02. The van der Waals surface area contributed by atoms with E-state index in [9.17, 15) is 0 Å². The molecular weight excluding hydrogens is 825 g/mol. The predicted octanol–water partition coefficient (Wildman–Crippen LogP) is 7.78. The summed E-state index contributed by atoms with van der Waals surface area (Å²) in [6, 6.07) is 0. The summed E-state index contributed by atoms with van der Waals surface area (Å²) in [5.41, 5.74) is 20.7. The molecule has 0 saturated carbocycles. The molecule has 0 spiro atoms. The van der Waals surface area contributed by atoms with Crippen LogP contribution in [0.25, 0.3) is 0 Å². The molecule has 0 unspecified atom stereocenters. The SMILES string of the molecule is C.C.C.C.CCCOCCOCCC.CCCOCCOCCC.CCCOCCOCCC.CCCOCCOCCC.NCCOCCOCCN.NCCOCCOCCN. The zero-order valence-corrected chi connectivity index (χ0v) is 40.7. The lowest BCUT2D eigenvalue weighted by molar-refractivity contribution is 0.0483. The predicted molar refractivity (Wildman–Crippen MR) is 275 cm³/mol. The monoisotopic (exact) mass is 945 g/mol. The normalized spacial score (nSPS) is 9.56. The molecule has 16 heteroatoms. The van der Waals surface area contributed by atoms with Gasteiger partial charge in [-0.25, -0.2) is 0 Å². The lowest BCUT2D eigenvalue weighted by Crippen LogP contribution is -2.14. The van der Waals surface area contributed by atoms with Crippen LogP contribution in [0, 0.1) is 0 Å². The van der Waals surface area contributed by atoms with Gasteiger partial charge in [-0.2, -0.15) is 0 Å². The summed E-state index contributed by atoms with van der Waals surface area (Å²) in [7, 11) is 0. The number of rotatable bonds is 42. The van der Waals surface area contributed by atoms with Crippen molar-refractivity contribution in [2.24, 2.45) is 22.9 Å². The fourth-order valence-corrected chi connectivity index (χ4v) is 3.42. The Morgan fingerprint density at radius 3 is 0.344 bits per heavy atom. The zero-order chi connectivity index (χ0) is 45.9. The van der Waals surface area contributed by atoms with E-state index in [0.717, 1.165) is 157 Å². The molecule has 0 aliphatic heterocycles. The highest BCUT2D eigenvalue weighted by molar-refractivity contribution is 4.36. The third-order valence-corrected chi connectivity index (χ3v) is 6.07. The molecular formula is C48H120N4O12. The van der Waals surface area contributed by atoms with Crippen molar-refractivity contribution in [2.45, 2.75) is 136 Å². The first-order valence-electron chi connectivity index (χ1n) is 23.2. The maximum atomic E-state index is 5.20. The van der Waals surface area contributed by atoms with Gasteiger partial charge >= 0.3 is 0 Å². The van der Waals surface area contributed by atoms with Gasteiger partial charge in [-0.15, -0.1) is 0 Å². The molecule has 0 heterocycles. The van der Waals surface area contributed by atoms with Crippen molar-refractivity contribution < 1.29 is 56.8 Å². The number of ether oxygens (including phenoxy) is 12. The van der Waals surface area contributed by atoms with Gasteiger partial charge in [0.05, 0.1) is 106 Å². The highest BCUT2D eigenvalue weighted by Crippen LogP contribution is 1.86. The van der Waals surface area contributed by atoms with Gasteiger partial charge in [-0.3, -0.25) is 0 Å². The van der Waals surface area contributed by atoms with Crippen LogP contribution in [0.2, 0.25) is 0 Å². The fraction of sp³-hybridized carbons (Fsp3) is 1.00. The van der Waals surface area contributed by atoms with E-state index in [-0.39, 0.29) is 29.7 Å². The van der Waals surface area contributed by atoms with Crippen molar-refractivity contribution in [3.8, 4) is 0 Å². The Kier molecular flexibility index (Phi) is 142. The van der Waals surface area contributed by atoms with E-state index in [0.29, 0.717) is 79.0 Å². The van der Waals surface area contributed by atoms with Crippen molar-refractivity contribution in [1.82, 2.24) is 0 Å². The molecule has 8 N–H and O–H groups in total. The average molecular weight is 946 g/mol. The van der Waals surface area contributed by atoms with E-state index in [1.165, 1.54) is 0 Å². The zero-order valence-electron chi connectivity index (χ0n) is 40.7. The molecule has 0 rings (SSSR count). The first-order valence-corrected chi connectivity index (χ1v) is 23.2. The van der Waals surface area contributed by atoms with E-state index in [1.807, 2.05) is 0 Å². The summed E-state index contributed by atoms with van der Waals surface area (Å²) in [5.74, 6) is 0. The molecule has 64 heavy (non-hydrogen) atoms. The van der Waals surface area contributed by atoms with Crippen LogP contribution in [0.3, 0.4) is 0 Å². The Hall–Kier alpha value is -0.640. The second-order valence-corrected chi connectivity index (χ2v) is 12.5. The Morgan fingerprint density at radius 2 is 0.266 bits per heavy atom. The summed E-state index contributed by atoms with van der Waals surface area (Å²) >= 11 is 0. The van der Waals surface area contributed by atoms with Crippen LogP contribution >= 0.6 is 0 Å². The Bertz CT molecular complexity index is 429. The molecule has 0 aliphatic carbocycles. The van der Waals surface area contributed by atoms with E-state index < -0.39 is 0 Å². The molecule has 0 radical (unpaired) electrons. The molecule has 0 aromatic rings. The first kappa shape index (κ1) is 86.5. The highest BCUT2D eigenvalue weighted by Gasteiger charge is 1.90. The smallest absolute Gasteiger partial charge is 0.0701 e. The van der Waals surface area contributed by atoms with E-state index >= 15 is 0 Å². The maximum Gasteiger partial charge on any atom is 0.0701 e. The van der Waals surface area contributed by atoms with Gasteiger partial charge < -0.3 is 79.8 Å². The second kappa shape index (κ2) is 105. The van der Waals surface area contributed by atoms with Gasteiger partial charge in [0.15, 0.2) is 0 Å². The van der Waals surface area contributed by atoms with Crippen LogP contribution in [0.4, 0.5) is 0 Å². The van der Waals surface area contributed by atoms with Gasteiger partial charge in [0.1, 0.15) is 0 Å². The fourth-order valence-electron chi connectivity index (χ4n) is 3.42. The van der Waals surface area contributed by atoms with E-state index in [4.69, 9.17) is 79.8 Å². The summed E-state index contributed by atoms with van der Waals surface area (Å²) < 4.78 is 61.8. The molecule has 404 valence electrons. The standard InChI is InChI=1S/4C8H18O2.2C6H16N2O2.4CH4/c4*1-3-5-9-7-8-10-6-4-2;2*7-1-3-9-5-6-10-4-2-8;;;;/h4*3-8H2,1-2H3;2*1-8H2;4*1H4. The largest absolute Gasteiger partial charge is 0.379 e. The maximum absolute atomic E-state index is 5.20. The first-order chi connectivity index (χ1) is 29.5. The van der Waals surface area contributed by atoms with Gasteiger partial charge in [-0.05, 0) is 51.4 Å². The Labute approximate surface area is 400 Å². The van der Waals surface area contributed by atoms with Crippen LogP contribution in [0.1, 0.15) is 136 Å². The average Bonchev–Trinajstić information content (AvgIpc) is 3.27. The van der Waals surface area contributed by atoms with E-state index in [2.05, 4.69) is 55.4 Å². The summed E-state index contributed by atoms with van der Waals surface area (Å²) in [5, 5.41) is 0. The van der Waals surface area contributed by atoms with E-state index in [1.54, 1.807) is 0 Å². The molecule has 0 aromatic carbocycles. The second-order valence-electron chi connectivity index (χ2n) is 12.5.